The highest BCUT2D eigenvalue weighted by Crippen LogP contribution is 2.47. The minimum atomic E-state index is -1.64. The Balaban J connectivity index is 1.77. The number of aromatic nitrogens is 1. The summed E-state index contributed by atoms with van der Waals surface area (Å²) in [6.45, 7) is 2.82. The van der Waals surface area contributed by atoms with Crippen LogP contribution in [-0.2, 0) is 0 Å². The van der Waals surface area contributed by atoms with Gasteiger partial charge in [-0.2, -0.15) is 0 Å². The van der Waals surface area contributed by atoms with E-state index >= 15 is 4.39 Å². The first-order valence-electron chi connectivity index (χ1n) is 9.84. The van der Waals surface area contributed by atoms with Gasteiger partial charge in [-0.15, -0.1) is 0 Å². The van der Waals surface area contributed by atoms with E-state index in [1.807, 2.05) is 31.2 Å². The molecule has 1 aliphatic carbocycles. The van der Waals surface area contributed by atoms with Gasteiger partial charge in [0.25, 0.3) is 0 Å². The highest BCUT2D eigenvalue weighted by molar-refractivity contribution is 6.01. The second-order valence-electron chi connectivity index (χ2n) is 8.23. The number of ether oxygens (including phenoxy) is 2. The molecule has 5 N–H and O–H groups in total. The Morgan fingerprint density at radius 3 is 2.90 bits per heavy atom. The van der Waals surface area contributed by atoms with E-state index in [9.17, 15) is 9.59 Å². The van der Waals surface area contributed by atoms with Crippen molar-refractivity contribution in [3.63, 3.8) is 0 Å². The summed E-state index contributed by atoms with van der Waals surface area (Å²) < 4.78 is 27.8. The number of carboxylic acid groups (broad SMARTS) is 1. The number of fused-ring (bicyclic) bond motifs is 1. The van der Waals surface area contributed by atoms with Gasteiger partial charge in [0, 0.05) is 19.0 Å². The SMILES string of the molecule is CC1COc2c(N3CC4C=CC=CC4(N)C3)c(F)c(N)c3c(=O)c(OC(=O)O)cn1c23. The topological polar surface area (TPSA) is 133 Å². The minimum Gasteiger partial charge on any atom is -0.487 e. The van der Waals surface area contributed by atoms with Crippen LogP contribution >= 0.6 is 0 Å². The maximum Gasteiger partial charge on any atom is 0.511 e. The molecule has 3 heterocycles. The van der Waals surface area contributed by atoms with Crippen LogP contribution in [0.3, 0.4) is 0 Å². The molecule has 31 heavy (non-hydrogen) atoms. The third-order valence-corrected chi connectivity index (χ3v) is 6.24. The molecule has 0 radical (unpaired) electrons. The highest BCUT2D eigenvalue weighted by Gasteiger charge is 2.44. The minimum absolute atomic E-state index is 0.0166. The first kappa shape index (κ1) is 19.4. The number of hydrogen-bond acceptors (Lipinski definition) is 7. The lowest BCUT2D eigenvalue weighted by Gasteiger charge is -2.32. The second kappa shape index (κ2) is 6.48. The predicted octanol–water partition coefficient (Wildman–Crippen LogP) is 1.99. The number of halogens is 1. The molecule has 2 aliphatic heterocycles. The Bertz CT molecular complexity index is 1250. The number of benzene rings is 1. The van der Waals surface area contributed by atoms with Crippen LogP contribution in [0.5, 0.6) is 11.5 Å². The molecular formula is C21H21FN4O5. The number of carbonyl (C=O) groups is 1. The van der Waals surface area contributed by atoms with Gasteiger partial charge in [-0.05, 0) is 6.92 Å². The van der Waals surface area contributed by atoms with Crippen LogP contribution in [0.1, 0.15) is 13.0 Å². The molecule has 2 aromatic rings. The summed E-state index contributed by atoms with van der Waals surface area (Å²) in [7, 11) is 0. The number of anilines is 2. The van der Waals surface area contributed by atoms with E-state index in [-0.39, 0.29) is 41.1 Å². The van der Waals surface area contributed by atoms with E-state index in [0.29, 0.717) is 18.6 Å². The van der Waals surface area contributed by atoms with Crippen LogP contribution in [0, 0.1) is 11.7 Å². The summed E-state index contributed by atoms with van der Waals surface area (Å²) in [4.78, 5) is 25.7. The molecule has 0 spiro atoms. The summed E-state index contributed by atoms with van der Waals surface area (Å²) in [5.74, 6) is -1.07. The summed E-state index contributed by atoms with van der Waals surface area (Å²) >= 11 is 0. The van der Waals surface area contributed by atoms with Crippen molar-refractivity contribution in [2.45, 2.75) is 18.5 Å². The van der Waals surface area contributed by atoms with E-state index in [4.69, 9.17) is 21.3 Å². The fraction of sp³-hybridized carbons (Fsp3) is 0.333. The molecule has 3 aliphatic rings. The zero-order valence-electron chi connectivity index (χ0n) is 16.7. The van der Waals surface area contributed by atoms with Crippen molar-refractivity contribution in [1.82, 2.24) is 4.57 Å². The van der Waals surface area contributed by atoms with Crippen LogP contribution < -0.4 is 31.3 Å². The van der Waals surface area contributed by atoms with Crippen molar-refractivity contribution >= 4 is 28.4 Å². The van der Waals surface area contributed by atoms with Gasteiger partial charge in [-0.25, -0.2) is 9.18 Å². The average Bonchev–Trinajstić information content (AvgIpc) is 3.06. The van der Waals surface area contributed by atoms with E-state index < -0.39 is 28.7 Å². The predicted molar refractivity (Wildman–Crippen MR) is 112 cm³/mol. The average molecular weight is 428 g/mol. The second-order valence-corrected chi connectivity index (χ2v) is 8.23. The van der Waals surface area contributed by atoms with Crippen molar-refractivity contribution < 1.29 is 23.8 Å². The van der Waals surface area contributed by atoms with Crippen molar-refractivity contribution in [3.8, 4) is 11.5 Å². The fourth-order valence-electron chi connectivity index (χ4n) is 4.70. The molecule has 10 heteroatoms. The van der Waals surface area contributed by atoms with E-state index in [2.05, 4.69) is 4.74 Å². The molecule has 0 saturated carbocycles. The summed E-state index contributed by atoms with van der Waals surface area (Å²) in [6, 6.07) is -0.266. The van der Waals surface area contributed by atoms with Crippen LogP contribution in [0.25, 0.3) is 10.9 Å². The van der Waals surface area contributed by atoms with Gasteiger partial charge >= 0.3 is 6.16 Å². The zero-order chi connectivity index (χ0) is 22.1. The van der Waals surface area contributed by atoms with Crippen molar-refractivity contribution in [2.24, 2.45) is 11.7 Å². The number of allylic oxidation sites excluding steroid dienone is 2. The molecule has 0 bridgehead atoms. The summed E-state index contributed by atoms with van der Waals surface area (Å²) in [5, 5.41) is 8.80. The van der Waals surface area contributed by atoms with Gasteiger partial charge in [0.1, 0.15) is 12.3 Å². The third kappa shape index (κ3) is 2.71. The smallest absolute Gasteiger partial charge is 0.487 e. The molecular weight excluding hydrogens is 407 g/mol. The monoisotopic (exact) mass is 428 g/mol. The Kier molecular flexibility index (Phi) is 4.06. The lowest BCUT2D eigenvalue weighted by molar-refractivity contribution is 0.143. The van der Waals surface area contributed by atoms with Crippen molar-refractivity contribution in [2.75, 3.05) is 30.3 Å². The Hall–Kier alpha value is -3.53. The molecule has 3 unspecified atom stereocenters. The molecule has 1 aromatic heterocycles. The summed E-state index contributed by atoms with van der Waals surface area (Å²) in [6.07, 6.45) is 7.33. The standard InChI is InChI=1S/C21H21FN4O5/c1-10-8-30-19-16-13(18(27)12(7-26(10)16)31-20(28)29)15(23)14(22)17(19)25-6-11-4-2-3-5-21(11,24)9-25/h2-5,7,10-11H,6,8-9,23-24H2,1H3,(H,28,29). The van der Waals surface area contributed by atoms with Gasteiger partial charge in [-0.3, -0.25) is 4.79 Å². The van der Waals surface area contributed by atoms with Gasteiger partial charge in [0.15, 0.2) is 17.3 Å². The maximum atomic E-state index is 15.6. The number of rotatable bonds is 2. The van der Waals surface area contributed by atoms with E-state index in [0.717, 1.165) is 0 Å². The van der Waals surface area contributed by atoms with Crippen LogP contribution in [-0.4, -0.2) is 41.1 Å². The van der Waals surface area contributed by atoms with E-state index in [1.165, 1.54) is 6.20 Å². The van der Waals surface area contributed by atoms with Crippen LogP contribution in [0.2, 0.25) is 0 Å². The largest absolute Gasteiger partial charge is 0.511 e. The molecule has 9 nitrogen and oxygen atoms in total. The van der Waals surface area contributed by atoms with Gasteiger partial charge < -0.3 is 35.5 Å². The van der Waals surface area contributed by atoms with Crippen LogP contribution in [0.4, 0.5) is 20.6 Å². The molecule has 1 saturated heterocycles. The molecule has 5 rings (SSSR count). The Morgan fingerprint density at radius 2 is 2.19 bits per heavy atom. The normalized spacial score (nSPS) is 26.1. The Labute approximate surface area is 175 Å². The Morgan fingerprint density at radius 1 is 1.42 bits per heavy atom. The zero-order valence-corrected chi connectivity index (χ0v) is 16.7. The number of nitrogens with two attached hydrogens (primary N) is 2. The number of nitrogen functional groups attached to an aromatic ring is 1. The molecule has 1 aromatic carbocycles. The summed E-state index contributed by atoms with van der Waals surface area (Å²) in [5.41, 5.74) is 11.2. The van der Waals surface area contributed by atoms with Gasteiger partial charge in [0.05, 0.1) is 34.4 Å². The van der Waals surface area contributed by atoms with Gasteiger partial charge in [-0.1, -0.05) is 24.3 Å². The quantitative estimate of drug-likeness (QED) is 0.489. The molecule has 1 fully saturated rings. The first-order valence-corrected chi connectivity index (χ1v) is 9.84. The lowest BCUT2D eigenvalue weighted by atomic mass is 9.85. The third-order valence-electron chi connectivity index (χ3n) is 6.24. The van der Waals surface area contributed by atoms with Gasteiger partial charge in [0.2, 0.25) is 5.43 Å². The molecule has 162 valence electrons. The maximum absolute atomic E-state index is 15.6. The fourth-order valence-corrected chi connectivity index (χ4v) is 4.70. The first-order chi connectivity index (χ1) is 14.7. The lowest BCUT2D eigenvalue weighted by Crippen LogP contribution is -2.46. The number of nitrogens with zero attached hydrogens (tertiary/aromatic N) is 2. The molecule has 3 atom stereocenters. The highest BCUT2D eigenvalue weighted by atomic mass is 19.1. The molecule has 0 amide bonds. The van der Waals surface area contributed by atoms with Crippen molar-refractivity contribution in [3.05, 3.63) is 46.5 Å². The van der Waals surface area contributed by atoms with Crippen molar-refractivity contribution in [1.29, 1.82) is 0 Å². The van der Waals surface area contributed by atoms with E-state index in [1.54, 1.807) is 9.47 Å². The number of pyridine rings is 1. The van der Waals surface area contributed by atoms with Crippen LogP contribution in [0.15, 0.2) is 35.3 Å². The number of hydrogen-bond donors (Lipinski definition) is 3.